The van der Waals surface area contributed by atoms with Gasteiger partial charge in [-0.1, -0.05) is 6.07 Å². The largest absolute Gasteiger partial charge is 0.481 e. The number of anilines is 1. The van der Waals surface area contributed by atoms with E-state index in [1.807, 2.05) is 18.2 Å². The van der Waals surface area contributed by atoms with Crippen LogP contribution in [0.2, 0.25) is 0 Å². The van der Waals surface area contributed by atoms with E-state index in [9.17, 15) is 0 Å². The molecule has 82 valence electrons. The monoisotopic (exact) mass is 224 g/mol. The molecule has 0 radical (unpaired) electrons. The van der Waals surface area contributed by atoms with Crippen LogP contribution in [0.25, 0.3) is 0 Å². The molecule has 0 saturated carbocycles. The normalized spacial score (nSPS) is 20.2. The van der Waals surface area contributed by atoms with Gasteiger partial charge in [-0.2, -0.15) is 16.7 Å². The van der Waals surface area contributed by atoms with Crippen molar-refractivity contribution in [1.82, 2.24) is 4.98 Å². The molecule has 1 aromatic rings. The van der Waals surface area contributed by atoms with Gasteiger partial charge < -0.3 is 10.1 Å². The third-order valence-corrected chi connectivity index (χ3v) is 3.87. The molecule has 0 amide bonds. The van der Waals surface area contributed by atoms with Crippen molar-refractivity contribution in [2.24, 2.45) is 0 Å². The number of thioether (sulfide) groups is 1. The van der Waals surface area contributed by atoms with Gasteiger partial charge in [0, 0.05) is 17.9 Å². The SMILES string of the molecule is COc1cccc(NCC2CCCS2)n1. The molecule has 1 atom stereocenters. The van der Waals surface area contributed by atoms with Crippen LogP contribution in [0.3, 0.4) is 0 Å². The molecule has 0 spiro atoms. The Morgan fingerprint density at radius 1 is 1.60 bits per heavy atom. The second-order valence-corrected chi connectivity index (χ2v) is 4.99. The molecule has 4 heteroatoms. The first-order chi connectivity index (χ1) is 7.38. The standard InChI is InChI=1S/C11H16N2OS/c1-14-11-6-2-5-10(13-11)12-8-9-4-3-7-15-9/h2,5-6,9H,3-4,7-8H2,1H3,(H,12,13). The molecule has 1 aliphatic heterocycles. The van der Waals surface area contributed by atoms with Gasteiger partial charge in [0.05, 0.1) is 7.11 Å². The minimum atomic E-state index is 0.666. The van der Waals surface area contributed by atoms with Crippen LogP contribution in [-0.2, 0) is 0 Å². The molecule has 1 aliphatic rings. The summed E-state index contributed by atoms with van der Waals surface area (Å²) >= 11 is 2.05. The fourth-order valence-corrected chi connectivity index (χ4v) is 2.85. The van der Waals surface area contributed by atoms with Gasteiger partial charge in [0.15, 0.2) is 0 Å². The first-order valence-electron chi connectivity index (χ1n) is 5.25. The summed E-state index contributed by atoms with van der Waals surface area (Å²) < 4.78 is 5.07. The predicted molar refractivity (Wildman–Crippen MR) is 64.8 cm³/mol. The molecule has 0 aromatic carbocycles. The highest BCUT2D eigenvalue weighted by Gasteiger charge is 2.14. The Morgan fingerprint density at radius 2 is 2.53 bits per heavy atom. The number of hydrogen-bond donors (Lipinski definition) is 1. The highest BCUT2D eigenvalue weighted by Crippen LogP contribution is 2.26. The molecule has 0 bridgehead atoms. The molecule has 1 unspecified atom stereocenters. The molecule has 3 nitrogen and oxygen atoms in total. The van der Waals surface area contributed by atoms with E-state index in [0.717, 1.165) is 17.6 Å². The Kier molecular flexibility index (Phi) is 3.72. The molecule has 1 fully saturated rings. The number of hydrogen-bond acceptors (Lipinski definition) is 4. The maximum absolute atomic E-state index is 5.07. The van der Waals surface area contributed by atoms with Crippen molar-refractivity contribution in [2.45, 2.75) is 18.1 Å². The van der Waals surface area contributed by atoms with Crippen LogP contribution in [0.5, 0.6) is 5.88 Å². The minimum absolute atomic E-state index is 0.666. The van der Waals surface area contributed by atoms with Gasteiger partial charge in [0.1, 0.15) is 5.82 Å². The van der Waals surface area contributed by atoms with Crippen molar-refractivity contribution < 1.29 is 4.74 Å². The maximum Gasteiger partial charge on any atom is 0.214 e. The van der Waals surface area contributed by atoms with Crippen LogP contribution < -0.4 is 10.1 Å². The van der Waals surface area contributed by atoms with Crippen molar-refractivity contribution in [3.63, 3.8) is 0 Å². The van der Waals surface area contributed by atoms with E-state index in [1.165, 1.54) is 18.6 Å². The zero-order chi connectivity index (χ0) is 10.5. The third-order valence-electron chi connectivity index (χ3n) is 2.47. The molecule has 2 rings (SSSR count). The number of rotatable bonds is 4. The van der Waals surface area contributed by atoms with E-state index in [0.29, 0.717) is 5.88 Å². The van der Waals surface area contributed by atoms with E-state index < -0.39 is 0 Å². The van der Waals surface area contributed by atoms with Crippen molar-refractivity contribution in [3.8, 4) is 5.88 Å². The van der Waals surface area contributed by atoms with Gasteiger partial charge in [-0.05, 0) is 24.7 Å². The number of ether oxygens (including phenoxy) is 1. The lowest BCUT2D eigenvalue weighted by molar-refractivity contribution is 0.398. The van der Waals surface area contributed by atoms with Crippen LogP contribution >= 0.6 is 11.8 Å². The highest BCUT2D eigenvalue weighted by molar-refractivity contribution is 8.00. The molecule has 15 heavy (non-hydrogen) atoms. The second-order valence-electron chi connectivity index (χ2n) is 3.58. The second kappa shape index (κ2) is 5.26. The smallest absolute Gasteiger partial charge is 0.214 e. The zero-order valence-corrected chi connectivity index (χ0v) is 9.72. The topological polar surface area (TPSA) is 34.1 Å². The number of nitrogens with one attached hydrogen (secondary N) is 1. The van der Waals surface area contributed by atoms with Crippen LogP contribution in [0.15, 0.2) is 18.2 Å². The summed E-state index contributed by atoms with van der Waals surface area (Å²) in [6.45, 7) is 1.00. The van der Waals surface area contributed by atoms with Crippen LogP contribution in [0.1, 0.15) is 12.8 Å². The number of pyridine rings is 1. The van der Waals surface area contributed by atoms with Crippen LogP contribution in [0, 0.1) is 0 Å². The predicted octanol–water partition coefficient (Wildman–Crippen LogP) is 2.40. The van der Waals surface area contributed by atoms with E-state index in [4.69, 9.17) is 4.74 Å². The van der Waals surface area contributed by atoms with Crippen LogP contribution in [0.4, 0.5) is 5.82 Å². The lowest BCUT2D eigenvalue weighted by Crippen LogP contribution is -2.14. The lowest BCUT2D eigenvalue weighted by atomic mass is 10.2. The van der Waals surface area contributed by atoms with Gasteiger partial charge >= 0.3 is 0 Å². The Morgan fingerprint density at radius 3 is 3.27 bits per heavy atom. The van der Waals surface area contributed by atoms with E-state index in [-0.39, 0.29) is 0 Å². The van der Waals surface area contributed by atoms with Crippen molar-refractivity contribution in [1.29, 1.82) is 0 Å². The van der Waals surface area contributed by atoms with Crippen molar-refractivity contribution in [3.05, 3.63) is 18.2 Å². The summed E-state index contributed by atoms with van der Waals surface area (Å²) in [6, 6.07) is 5.79. The molecular formula is C11H16N2OS. The minimum Gasteiger partial charge on any atom is -0.481 e. The molecule has 1 aromatic heterocycles. The molecule has 2 heterocycles. The summed E-state index contributed by atoms with van der Waals surface area (Å²) in [6.07, 6.45) is 2.67. The fourth-order valence-electron chi connectivity index (χ4n) is 1.65. The summed E-state index contributed by atoms with van der Waals surface area (Å²) in [5.41, 5.74) is 0. The molecule has 1 N–H and O–H groups in total. The number of aromatic nitrogens is 1. The average molecular weight is 224 g/mol. The summed E-state index contributed by atoms with van der Waals surface area (Å²) in [4.78, 5) is 4.31. The average Bonchev–Trinajstić information content (AvgIpc) is 2.79. The van der Waals surface area contributed by atoms with E-state index in [2.05, 4.69) is 22.1 Å². The van der Waals surface area contributed by atoms with Gasteiger partial charge in [-0.15, -0.1) is 0 Å². The first-order valence-corrected chi connectivity index (χ1v) is 6.30. The van der Waals surface area contributed by atoms with Gasteiger partial charge in [0.25, 0.3) is 0 Å². The Balaban J connectivity index is 1.86. The van der Waals surface area contributed by atoms with Gasteiger partial charge in [-0.25, -0.2) is 0 Å². The molecule has 0 aliphatic carbocycles. The van der Waals surface area contributed by atoms with Crippen molar-refractivity contribution >= 4 is 17.6 Å². The summed E-state index contributed by atoms with van der Waals surface area (Å²) in [5, 5.41) is 4.10. The quantitative estimate of drug-likeness (QED) is 0.851. The van der Waals surface area contributed by atoms with Gasteiger partial charge in [-0.3, -0.25) is 0 Å². The Labute approximate surface area is 94.6 Å². The fraction of sp³-hybridized carbons (Fsp3) is 0.545. The first kappa shape index (κ1) is 10.6. The Hall–Kier alpha value is -0.900. The third kappa shape index (κ3) is 3.02. The number of nitrogens with zero attached hydrogens (tertiary/aromatic N) is 1. The molecule has 1 saturated heterocycles. The Bertz CT molecular complexity index is 313. The number of methoxy groups -OCH3 is 1. The summed E-state index contributed by atoms with van der Waals surface area (Å²) in [5.74, 6) is 2.87. The maximum atomic E-state index is 5.07. The zero-order valence-electron chi connectivity index (χ0n) is 8.90. The molecular weight excluding hydrogens is 208 g/mol. The summed E-state index contributed by atoms with van der Waals surface area (Å²) in [7, 11) is 1.64. The van der Waals surface area contributed by atoms with E-state index >= 15 is 0 Å². The lowest BCUT2D eigenvalue weighted by Gasteiger charge is -2.10. The van der Waals surface area contributed by atoms with Crippen molar-refractivity contribution in [2.75, 3.05) is 24.7 Å². The van der Waals surface area contributed by atoms with E-state index in [1.54, 1.807) is 7.11 Å². The highest BCUT2D eigenvalue weighted by atomic mass is 32.2. The van der Waals surface area contributed by atoms with Crippen LogP contribution in [-0.4, -0.2) is 29.6 Å². The van der Waals surface area contributed by atoms with Gasteiger partial charge in [0.2, 0.25) is 5.88 Å².